The number of fused-ring (bicyclic) bond motifs is 1. The van der Waals surface area contributed by atoms with Gasteiger partial charge >= 0.3 is 5.69 Å². The van der Waals surface area contributed by atoms with E-state index in [1.54, 1.807) is 48.7 Å². The zero-order chi connectivity index (χ0) is 14.8. The first-order valence-corrected chi connectivity index (χ1v) is 6.23. The number of aromatic nitrogens is 3. The van der Waals surface area contributed by atoms with E-state index in [1.807, 2.05) is 0 Å². The Morgan fingerprint density at radius 2 is 2.10 bits per heavy atom. The quantitative estimate of drug-likeness (QED) is 0.718. The highest BCUT2D eigenvalue weighted by atomic mass is 16.5. The molecule has 106 valence electrons. The van der Waals surface area contributed by atoms with Gasteiger partial charge in [0.05, 0.1) is 0 Å². The van der Waals surface area contributed by atoms with Crippen molar-refractivity contribution in [3.63, 3.8) is 0 Å². The number of anilines is 1. The highest BCUT2D eigenvalue weighted by molar-refractivity contribution is 5.79. The molecule has 2 aromatic heterocycles. The Labute approximate surface area is 119 Å². The van der Waals surface area contributed by atoms with E-state index in [2.05, 4.69) is 5.10 Å². The molecule has 0 saturated carbocycles. The molecule has 3 aromatic rings. The van der Waals surface area contributed by atoms with Gasteiger partial charge in [-0.1, -0.05) is 12.1 Å². The fraction of sp³-hybridized carbons (Fsp3) is 0.0714. The Morgan fingerprint density at radius 1 is 1.24 bits per heavy atom. The molecule has 2 heterocycles. The third kappa shape index (κ3) is 2.48. The van der Waals surface area contributed by atoms with Gasteiger partial charge in [0.2, 0.25) is 0 Å². The van der Waals surface area contributed by atoms with Crippen molar-refractivity contribution in [2.45, 2.75) is 0 Å². The van der Waals surface area contributed by atoms with E-state index in [-0.39, 0.29) is 6.61 Å². The summed E-state index contributed by atoms with van der Waals surface area (Å²) in [6.45, 7) is -0.298. The van der Waals surface area contributed by atoms with Crippen LogP contribution in [0.15, 0.2) is 53.5 Å². The van der Waals surface area contributed by atoms with E-state index in [9.17, 15) is 9.59 Å². The number of hydrogen-bond acceptors (Lipinski definition) is 5. The second-order valence-electron chi connectivity index (χ2n) is 4.38. The summed E-state index contributed by atoms with van der Waals surface area (Å²) in [6.07, 6.45) is 1.55. The van der Waals surface area contributed by atoms with E-state index < -0.39 is 11.6 Å². The van der Waals surface area contributed by atoms with Crippen molar-refractivity contribution in [1.29, 1.82) is 0 Å². The van der Waals surface area contributed by atoms with Crippen LogP contribution in [0.2, 0.25) is 0 Å². The topological polar surface area (TPSA) is 91.6 Å². The lowest BCUT2D eigenvalue weighted by Crippen LogP contribution is -2.31. The zero-order valence-electron chi connectivity index (χ0n) is 11.0. The highest BCUT2D eigenvalue weighted by Gasteiger charge is 2.14. The van der Waals surface area contributed by atoms with Gasteiger partial charge in [-0.05, 0) is 24.3 Å². The van der Waals surface area contributed by atoms with Crippen LogP contribution in [0, 0.1) is 0 Å². The van der Waals surface area contributed by atoms with Crippen molar-refractivity contribution in [3.8, 4) is 5.75 Å². The van der Waals surface area contributed by atoms with Gasteiger partial charge < -0.3 is 10.5 Å². The van der Waals surface area contributed by atoms with Crippen LogP contribution in [0.5, 0.6) is 5.75 Å². The van der Waals surface area contributed by atoms with Gasteiger partial charge in [-0.2, -0.15) is 0 Å². The van der Waals surface area contributed by atoms with Gasteiger partial charge in [0.25, 0.3) is 5.91 Å². The summed E-state index contributed by atoms with van der Waals surface area (Å²) in [4.78, 5) is 24.0. The molecule has 0 unspecified atom stereocenters. The molecule has 0 aliphatic rings. The normalized spacial score (nSPS) is 10.7. The van der Waals surface area contributed by atoms with Crippen molar-refractivity contribution in [2.24, 2.45) is 0 Å². The van der Waals surface area contributed by atoms with Crippen LogP contribution >= 0.6 is 0 Å². The molecular formula is C14H12N4O3. The molecule has 7 heteroatoms. The lowest BCUT2D eigenvalue weighted by atomic mass is 10.3. The molecule has 0 radical (unpaired) electrons. The maximum absolute atomic E-state index is 12.0. The summed E-state index contributed by atoms with van der Waals surface area (Å²) in [5.41, 5.74) is 6.03. The van der Waals surface area contributed by atoms with E-state index in [1.165, 1.54) is 4.40 Å². The number of carbonyl (C=O) groups excluding carboxylic acids is 1. The number of pyridine rings is 1. The van der Waals surface area contributed by atoms with Crippen molar-refractivity contribution in [2.75, 3.05) is 12.3 Å². The van der Waals surface area contributed by atoms with Crippen molar-refractivity contribution in [3.05, 3.63) is 59.1 Å². The molecule has 7 nitrogen and oxygen atoms in total. The van der Waals surface area contributed by atoms with Gasteiger partial charge in [-0.15, -0.1) is 9.78 Å². The van der Waals surface area contributed by atoms with Gasteiger partial charge in [0.1, 0.15) is 5.75 Å². The van der Waals surface area contributed by atoms with Crippen LogP contribution in [0.4, 0.5) is 5.69 Å². The average Bonchev–Trinajstić information content (AvgIpc) is 2.83. The second-order valence-corrected chi connectivity index (χ2v) is 4.38. The molecule has 0 atom stereocenters. The first-order chi connectivity index (χ1) is 10.1. The predicted molar refractivity (Wildman–Crippen MR) is 76.4 cm³/mol. The Kier molecular flexibility index (Phi) is 3.15. The largest absolute Gasteiger partial charge is 0.484 e. The Morgan fingerprint density at radius 3 is 2.86 bits per heavy atom. The first kappa shape index (κ1) is 12.9. The van der Waals surface area contributed by atoms with Gasteiger partial charge in [0.15, 0.2) is 12.3 Å². The fourth-order valence-corrected chi connectivity index (χ4v) is 1.90. The van der Waals surface area contributed by atoms with Crippen molar-refractivity contribution in [1.82, 2.24) is 14.2 Å². The Hall–Kier alpha value is -3.09. The van der Waals surface area contributed by atoms with E-state index in [0.717, 1.165) is 4.68 Å². The standard InChI is InChI=1S/C14H12N4O3/c15-10-4-3-5-11(8-10)21-9-13(19)18-14(20)17-7-2-1-6-12(17)16-18/h1-8H,9,15H2. The Bertz CT molecular complexity index is 866. The first-order valence-electron chi connectivity index (χ1n) is 6.23. The van der Waals surface area contributed by atoms with Crippen molar-refractivity contribution < 1.29 is 9.53 Å². The maximum Gasteiger partial charge on any atom is 0.357 e. The van der Waals surface area contributed by atoms with Crippen LogP contribution in [0.25, 0.3) is 5.65 Å². The molecule has 2 N–H and O–H groups in total. The summed E-state index contributed by atoms with van der Waals surface area (Å²) >= 11 is 0. The predicted octanol–water partition coefficient (Wildman–Crippen LogP) is 0.797. The number of nitrogen functional groups attached to an aromatic ring is 1. The van der Waals surface area contributed by atoms with Crippen molar-refractivity contribution >= 4 is 17.2 Å². The zero-order valence-corrected chi connectivity index (χ0v) is 11.0. The number of benzene rings is 1. The third-order valence-corrected chi connectivity index (χ3v) is 2.88. The summed E-state index contributed by atoms with van der Waals surface area (Å²) in [5.74, 6) is -0.0914. The average molecular weight is 284 g/mol. The minimum Gasteiger partial charge on any atom is -0.484 e. The van der Waals surface area contributed by atoms with E-state index in [4.69, 9.17) is 10.5 Å². The molecule has 0 aliphatic carbocycles. The molecule has 0 amide bonds. The Balaban J connectivity index is 1.81. The van der Waals surface area contributed by atoms with Gasteiger partial charge in [-0.3, -0.25) is 4.79 Å². The number of rotatable bonds is 3. The minimum absolute atomic E-state index is 0.298. The smallest absolute Gasteiger partial charge is 0.357 e. The van der Waals surface area contributed by atoms with Gasteiger partial charge in [-0.25, -0.2) is 9.20 Å². The summed E-state index contributed by atoms with van der Waals surface area (Å²) < 4.78 is 7.40. The molecule has 0 spiro atoms. The number of carbonyl (C=O) groups is 1. The van der Waals surface area contributed by atoms with Crippen LogP contribution in [-0.2, 0) is 0 Å². The molecular weight excluding hydrogens is 272 g/mol. The summed E-state index contributed by atoms with van der Waals surface area (Å²) in [5, 5.41) is 3.95. The molecule has 0 fully saturated rings. The number of ether oxygens (including phenoxy) is 1. The third-order valence-electron chi connectivity index (χ3n) is 2.88. The monoisotopic (exact) mass is 284 g/mol. The minimum atomic E-state index is -0.550. The summed E-state index contributed by atoms with van der Waals surface area (Å²) in [6, 6.07) is 11.8. The number of nitrogens with two attached hydrogens (primary N) is 1. The lowest BCUT2D eigenvalue weighted by molar-refractivity contribution is 0.0816. The van der Waals surface area contributed by atoms with Gasteiger partial charge in [0, 0.05) is 18.0 Å². The molecule has 21 heavy (non-hydrogen) atoms. The molecule has 1 aromatic carbocycles. The number of hydrogen-bond donors (Lipinski definition) is 1. The van der Waals surface area contributed by atoms with Crippen LogP contribution in [-0.4, -0.2) is 26.7 Å². The SMILES string of the molecule is Nc1cccc(OCC(=O)n2nc3ccccn3c2=O)c1. The summed E-state index contributed by atoms with van der Waals surface area (Å²) in [7, 11) is 0. The maximum atomic E-state index is 12.0. The van der Waals surface area contributed by atoms with Crippen LogP contribution in [0.3, 0.4) is 0 Å². The van der Waals surface area contributed by atoms with Crippen LogP contribution in [0.1, 0.15) is 4.79 Å². The van der Waals surface area contributed by atoms with E-state index >= 15 is 0 Å². The lowest BCUT2D eigenvalue weighted by Gasteiger charge is -2.05. The highest BCUT2D eigenvalue weighted by Crippen LogP contribution is 2.14. The molecule has 0 aliphatic heterocycles. The molecule has 3 rings (SSSR count). The van der Waals surface area contributed by atoms with Crippen LogP contribution < -0.4 is 16.2 Å². The second kappa shape index (κ2) is 5.12. The van der Waals surface area contributed by atoms with E-state index in [0.29, 0.717) is 17.1 Å². The number of nitrogens with zero attached hydrogens (tertiary/aromatic N) is 3. The molecule has 0 saturated heterocycles. The fourth-order valence-electron chi connectivity index (χ4n) is 1.90. The molecule has 0 bridgehead atoms.